The van der Waals surface area contributed by atoms with E-state index in [1.54, 1.807) is 35.3 Å². The van der Waals surface area contributed by atoms with E-state index in [4.69, 9.17) is 16.3 Å². The zero-order chi connectivity index (χ0) is 17.6. The van der Waals surface area contributed by atoms with Crippen LogP contribution in [0.2, 0.25) is 5.02 Å². The third-order valence-corrected chi connectivity index (χ3v) is 4.50. The molecule has 0 spiro atoms. The molecule has 0 aliphatic carbocycles. The van der Waals surface area contributed by atoms with Crippen LogP contribution in [0.5, 0.6) is 5.75 Å². The summed E-state index contributed by atoms with van der Waals surface area (Å²) in [4.78, 5) is 12.7. The highest BCUT2D eigenvalue weighted by Gasteiger charge is 2.09. The zero-order valence-electron chi connectivity index (χ0n) is 13.1. The maximum Gasteiger partial charge on any atom is 0.261 e. The van der Waals surface area contributed by atoms with Crippen molar-refractivity contribution in [3.63, 3.8) is 0 Å². The van der Waals surface area contributed by atoms with Crippen LogP contribution in [-0.4, -0.2) is 22.2 Å². The Hall–Kier alpha value is -2.38. The van der Waals surface area contributed by atoms with Crippen molar-refractivity contribution >= 4 is 28.8 Å². The summed E-state index contributed by atoms with van der Waals surface area (Å²) in [6.45, 7) is 1.32. The summed E-state index contributed by atoms with van der Waals surface area (Å²) in [5, 5.41) is 9.31. The Morgan fingerprint density at radius 2 is 2.16 bits per heavy atom. The second-order valence-electron chi connectivity index (χ2n) is 5.24. The summed E-state index contributed by atoms with van der Waals surface area (Å²) in [7, 11) is 0. The minimum absolute atomic E-state index is 0.142. The second-order valence-corrected chi connectivity index (χ2v) is 6.59. The number of hydrogen-bond donors (Lipinski definition) is 1. The molecule has 2 heterocycles. The summed E-state index contributed by atoms with van der Waals surface area (Å²) in [5.74, 6) is 0.131. The maximum atomic E-state index is 12.8. The number of hydrogen-bond acceptors (Lipinski definition) is 4. The minimum Gasteiger partial charge on any atom is -0.489 e. The molecule has 3 aromatic rings. The Balaban J connectivity index is 1.46. The van der Waals surface area contributed by atoms with E-state index in [2.05, 4.69) is 10.4 Å². The predicted molar refractivity (Wildman–Crippen MR) is 94.6 cm³/mol. The molecule has 5 nitrogen and oxygen atoms in total. The molecular formula is C17H15ClFN3O2S. The quantitative estimate of drug-likeness (QED) is 0.680. The zero-order valence-corrected chi connectivity index (χ0v) is 14.7. The number of thiophene rings is 1. The van der Waals surface area contributed by atoms with Gasteiger partial charge in [0.2, 0.25) is 0 Å². The maximum absolute atomic E-state index is 12.8. The molecule has 0 unspecified atom stereocenters. The van der Waals surface area contributed by atoms with Gasteiger partial charge in [-0.2, -0.15) is 5.10 Å². The molecule has 0 radical (unpaired) electrons. The number of rotatable bonds is 7. The first-order chi connectivity index (χ1) is 12.1. The van der Waals surface area contributed by atoms with Crippen molar-refractivity contribution in [1.29, 1.82) is 0 Å². The molecule has 1 aromatic carbocycles. The van der Waals surface area contributed by atoms with Crippen LogP contribution in [0, 0.1) is 5.82 Å². The number of carbonyl (C=O) groups is 1. The Kier molecular flexibility index (Phi) is 5.67. The molecule has 2 aromatic heterocycles. The largest absolute Gasteiger partial charge is 0.489 e. The van der Waals surface area contributed by atoms with Gasteiger partial charge < -0.3 is 10.1 Å². The molecule has 0 atom stereocenters. The number of nitrogens with zero attached hydrogens (tertiary/aromatic N) is 2. The van der Waals surface area contributed by atoms with Gasteiger partial charge in [-0.3, -0.25) is 9.48 Å². The predicted octanol–water partition coefficient (Wildman–Crippen LogP) is 3.75. The van der Waals surface area contributed by atoms with Crippen LogP contribution >= 0.6 is 22.9 Å². The van der Waals surface area contributed by atoms with Gasteiger partial charge in [0.05, 0.1) is 22.6 Å². The van der Waals surface area contributed by atoms with E-state index in [-0.39, 0.29) is 11.7 Å². The van der Waals surface area contributed by atoms with Crippen molar-refractivity contribution in [2.75, 3.05) is 6.54 Å². The van der Waals surface area contributed by atoms with E-state index in [0.717, 1.165) is 5.56 Å². The lowest BCUT2D eigenvalue weighted by Gasteiger charge is -2.04. The molecule has 0 bridgehead atoms. The fourth-order valence-corrected chi connectivity index (χ4v) is 3.07. The molecule has 8 heteroatoms. The van der Waals surface area contributed by atoms with Crippen LogP contribution in [0.4, 0.5) is 4.39 Å². The average Bonchev–Trinajstić information content (AvgIpc) is 3.23. The second kappa shape index (κ2) is 8.13. The number of amides is 1. The van der Waals surface area contributed by atoms with E-state index in [1.807, 2.05) is 5.38 Å². The lowest BCUT2D eigenvalue weighted by molar-refractivity contribution is 0.0956. The Labute approximate surface area is 153 Å². The number of carbonyl (C=O) groups excluding carboxylic acids is 1. The van der Waals surface area contributed by atoms with Gasteiger partial charge in [0, 0.05) is 18.3 Å². The van der Waals surface area contributed by atoms with Crippen molar-refractivity contribution in [2.24, 2.45) is 0 Å². The molecule has 0 saturated heterocycles. The van der Waals surface area contributed by atoms with Crippen molar-refractivity contribution in [3.05, 3.63) is 69.4 Å². The van der Waals surface area contributed by atoms with Crippen LogP contribution < -0.4 is 10.1 Å². The number of benzene rings is 1. The van der Waals surface area contributed by atoms with E-state index < -0.39 is 0 Å². The summed E-state index contributed by atoms with van der Waals surface area (Å²) < 4.78 is 20.1. The number of aromatic nitrogens is 2. The molecule has 25 heavy (non-hydrogen) atoms. The lowest BCUT2D eigenvalue weighted by Crippen LogP contribution is -2.26. The lowest BCUT2D eigenvalue weighted by atomic mass is 10.3. The minimum atomic E-state index is -0.306. The van der Waals surface area contributed by atoms with Crippen molar-refractivity contribution in [2.45, 2.75) is 13.2 Å². The molecule has 0 aliphatic heterocycles. The van der Waals surface area contributed by atoms with Crippen LogP contribution in [0.25, 0.3) is 0 Å². The monoisotopic (exact) mass is 379 g/mol. The SMILES string of the molecule is O=C(NCCn1cc(Cl)cn1)c1cc(COc2ccc(F)cc2)cs1. The highest BCUT2D eigenvalue weighted by Crippen LogP contribution is 2.18. The van der Waals surface area contributed by atoms with Crippen LogP contribution in [0.3, 0.4) is 0 Å². The number of nitrogens with one attached hydrogen (secondary N) is 1. The Morgan fingerprint density at radius 1 is 1.36 bits per heavy atom. The standard InChI is InChI=1S/C17H15ClFN3O2S/c18-13-8-21-22(9-13)6-5-20-17(23)16-7-12(11-25-16)10-24-15-3-1-14(19)2-4-15/h1-4,7-9,11H,5-6,10H2,(H,20,23). The van der Waals surface area contributed by atoms with Gasteiger partial charge in [-0.05, 0) is 35.7 Å². The van der Waals surface area contributed by atoms with Gasteiger partial charge >= 0.3 is 0 Å². The molecule has 0 saturated carbocycles. The van der Waals surface area contributed by atoms with Gasteiger partial charge in [0.25, 0.3) is 5.91 Å². The molecule has 130 valence electrons. The van der Waals surface area contributed by atoms with Crippen LogP contribution in [0.15, 0.2) is 48.1 Å². The average molecular weight is 380 g/mol. The summed E-state index contributed by atoms with van der Waals surface area (Å²) in [6.07, 6.45) is 3.25. The van der Waals surface area contributed by atoms with E-state index in [9.17, 15) is 9.18 Å². The van der Waals surface area contributed by atoms with Crippen molar-refractivity contribution in [1.82, 2.24) is 15.1 Å². The highest BCUT2D eigenvalue weighted by atomic mass is 35.5. The number of ether oxygens (including phenoxy) is 1. The fourth-order valence-electron chi connectivity index (χ4n) is 2.10. The fraction of sp³-hybridized carbons (Fsp3) is 0.176. The van der Waals surface area contributed by atoms with Crippen LogP contribution in [0.1, 0.15) is 15.2 Å². The molecule has 3 rings (SSSR count). The van der Waals surface area contributed by atoms with E-state index in [1.165, 1.54) is 23.5 Å². The van der Waals surface area contributed by atoms with E-state index >= 15 is 0 Å². The topological polar surface area (TPSA) is 56.2 Å². The van der Waals surface area contributed by atoms with Gasteiger partial charge in [0.1, 0.15) is 18.2 Å². The van der Waals surface area contributed by atoms with Gasteiger partial charge in [0.15, 0.2) is 0 Å². The first-order valence-corrected chi connectivity index (χ1v) is 8.78. The first kappa shape index (κ1) is 17.4. The molecule has 1 amide bonds. The first-order valence-electron chi connectivity index (χ1n) is 7.52. The summed E-state index contributed by atoms with van der Waals surface area (Å²) in [5.41, 5.74) is 0.887. The van der Waals surface area contributed by atoms with Crippen molar-refractivity contribution in [3.8, 4) is 5.75 Å². The van der Waals surface area contributed by atoms with Gasteiger partial charge in [-0.15, -0.1) is 11.3 Å². The molecular weight excluding hydrogens is 365 g/mol. The molecule has 1 N–H and O–H groups in total. The Bertz CT molecular complexity index is 848. The highest BCUT2D eigenvalue weighted by molar-refractivity contribution is 7.12. The summed E-state index contributed by atoms with van der Waals surface area (Å²) in [6, 6.07) is 7.60. The normalized spacial score (nSPS) is 10.6. The third kappa shape index (κ3) is 5.04. The van der Waals surface area contributed by atoms with Gasteiger partial charge in [-0.1, -0.05) is 11.6 Å². The van der Waals surface area contributed by atoms with Gasteiger partial charge in [-0.25, -0.2) is 4.39 Å². The Morgan fingerprint density at radius 3 is 2.88 bits per heavy atom. The molecule has 0 aliphatic rings. The third-order valence-electron chi connectivity index (χ3n) is 3.32. The molecule has 0 fully saturated rings. The van der Waals surface area contributed by atoms with E-state index in [0.29, 0.717) is 35.3 Å². The van der Waals surface area contributed by atoms with Crippen molar-refractivity contribution < 1.29 is 13.9 Å². The smallest absolute Gasteiger partial charge is 0.261 e. The summed E-state index contributed by atoms with van der Waals surface area (Å²) >= 11 is 7.13. The van der Waals surface area contributed by atoms with Crippen LogP contribution in [-0.2, 0) is 13.2 Å². The number of halogens is 2.